The highest BCUT2D eigenvalue weighted by atomic mass is 19.1. The summed E-state index contributed by atoms with van der Waals surface area (Å²) in [6, 6.07) is 0.900. The lowest BCUT2D eigenvalue weighted by molar-refractivity contribution is 0.566. The monoisotopic (exact) mass is 197 g/mol. The molecule has 1 aromatic rings. The zero-order valence-corrected chi connectivity index (χ0v) is 8.27. The summed E-state index contributed by atoms with van der Waals surface area (Å²) in [5.41, 5.74) is 6.96. The van der Waals surface area contributed by atoms with E-state index in [-0.39, 0.29) is 23.6 Å². The lowest BCUT2D eigenvalue weighted by Gasteiger charge is -2.09. The minimum absolute atomic E-state index is 0.0232. The van der Waals surface area contributed by atoms with Crippen LogP contribution in [0, 0.1) is 18.6 Å². The summed E-state index contributed by atoms with van der Waals surface area (Å²) in [6.45, 7) is 3.44. The average molecular weight is 197 g/mol. The molecule has 1 aliphatic carbocycles. The first kappa shape index (κ1) is 9.59. The standard InChI is InChI=1S/C11H13F2N/c1-5-4-8(14)10-9(5)7(12)3-6(2)11(10)13/h3,5,8H,4,14H2,1-2H3. The molecule has 0 saturated carbocycles. The Balaban J connectivity index is 2.72. The number of benzene rings is 1. The molecular formula is C11H13F2N. The third-order valence-electron chi connectivity index (χ3n) is 2.94. The second-order valence-corrected chi connectivity index (χ2v) is 4.06. The zero-order valence-electron chi connectivity index (χ0n) is 8.27. The molecule has 0 spiro atoms. The van der Waals surface area contributed by atoms with Gasteiger partial charge in [-0.15, -0.1) is 0 Å². The summed E-state index contributed by atoms with van der Waals surface area (Å²) in [7, 11) is 0. The number of rotatable bonds is 0. The Morgan fingerprint density at radius 2 is 2.00 bits per heavy atom. The molecule has 2 unspecified atom stereocenters. The third-order valence-corrected chi connectivity index (χ3v) is 2.94. The Hall–Kier alpha value is -0.960. The van der Waals surface area contributed by atoms with E-state index in [1.54, 1.807) is 6.92 Å². The van der Waals surface area contributed by atoms with Gasteiger partial charge in [0, 0.05) is 11.6 Å². The highest BCUT2D eigenvalue weighted by molar-refractivity contribution is 5.42. The molecule has 1 aromatic carbocycles. The molecule has 1 nitrogen and oxygen atoms in total. The second-order valence-electron chi connectivity index (χ2n) is 4.06. The van der Waals surface area contributed by atoms with Gasteiger partial charge >= 0.3 is 0 Å². The normalized spacial score (nSPS) is 25.2. The topological polar surface area (TPSA) is 26.0 Å². The van der Waals surface area contributed by atoms with Crippen molar-refractivity contribution in [2.24, 2.45) is 5.73 Å². The van der Waals surface area contributed by atoms with Crippen LogP contribution < -0.4 is 5.73 Å². The number of aryl methyl sites for hydroxylation is 1. The Kier molecular flexibility index (Phi) is 2.07. The predicted molar refractivity (Wildman–Crippen MR) is 51.1 cm³/mol. The van der Waals surface area contributed by atoms with Crippen LogP contribution in [-0.4, -0.2) is 0 Å². The van der Waals surface area contributed by atoms with E-state index in [0.29, 0.717) is 23.1 Å². The van der Waals surface area contributed by atoms with Gasteiger partial charge in [0.2, 0.25) is 0 Å². The van der Waals surface area contributed by atoms with Gasteiger partial charge in [-0.3, -0.25) is 0 Å². The number of fused-ring (bicyclic) bond motifs is 1. The minimum Gasteiger partial charge on any atom is -0.324 e. The molecule has 14 heavy (non-hydrogen) atoms. The molecule has 0 radical (unpaired) electrons. The zero-order chi connectivity index (χ0) is 10.5. The van der Waals surface area contributed by atoms with Crippen molar-refractivity contribution in [2.45, 2.75) is 32.2 Å². The van der Waals surface area contributed by atoms with E-state index < -0.39 is 0 Å². The molecule has 0 amide bonds. The third kappa shape index (κ3) is 1.16. The van der Waals surface area contributed by atoms with E-state index >= 15 is 0 Å². The molecule has 2 rings (SSSR count). The van der Waals surface area contributed by atoms with Gasteiger partial charge in [0.1, 0.15) is 11.6 Å². The van der Waals surface area contributed by atoms with Gasteiger partial charge in [-0.1, -0.05) is 6.92 Å². The Bertz CT molecular complexity index is 387. The van der Waals surface area contributed by atoms with Crippen molar-refractivity contribution in [3.63, 3.8) is 0 Å². The molecule has 0 fully saturated rings. The Labute approximate surface area is 81.9 Å². The molecule has 76 valence electrons. The summed E-state index contributed by atoms with van der Waals surface area (Å²) in [5.74, 6) is -0.632. The van der Waals surface area contributed by atoms with E-state index in [9.17, 15) is 8.78 Å². The summed E-state index contributed by atoms with van der Waals surface area (Å²) in [5, 5.41) is 0. The van der Waals surface area contributed by atoms with E-state index in [2.05, 4.69) is 0 Å². The molecule has 3 heteroatoms. The first-order valence-electron chi connectivity index (χ1n) is 4.76. The Morgan fingerprint density at radius 3 is 2.64 bits per heavy atom. The summed E-state index contributed by atoms with van der Waals surface area (Å²) in [6.07, 6.45) is 0.632. The lowest BCUT2D eigenvalue weighted by Crippen LogP contribution is -2.09. The fraction of sp³-hybridized carbons (Fsp3) is 0.455. The van der Waals surface area contributed by atoms with E-state index in [1.165, 1.54) is 6.07 Å². The summed E-state index contributed by atoms with van der Waals surface area (Å²) < 4.78 is 27.2. The van der Waals surface area contributed by atoms with Crippen LogP contribution in [-0.2, 0) is 0 Å². The van der Waals surface area contributed by atoms with Crippen molar-refractivity contribution in [2.75, 3.05) is 0 Å². The van der Waals surface area contributed by atoms with E-state index in [1.807, 2.05) is 6.92 Å². The molecule has 2 atom stereocenters. The van der Waals surface area contributed by atoms with Crippen LogP contribution in [0.4, 0.5) is 8.78 Å². The maximum atomic E-state index is 13.7. The first-order chi connectivity index (χ1) is 6.52. The van der Waals surface area contributed by atoms with Crippen LogP contribution in [0.2, 0.25) is 0 Å². The smallest absolute Gasteiger partial charge is 0.131 e. The molecule has 2 N–H and O–H groups in total. The van der Waals surface area contributed by atoms with Gasteiger partial charge in [-0.2, -0.15) is 0 Å². The molecular weight excluding hydrogens is 184 g/mol. The van der Waals surface area contributed by atoms with Crippen LogP contribution in [0.1, 0.15) is 42.0 Å². The van der Waals surface area contributed by atoms with Crippen LogP contribution >= 0.6 is 0 Å². The van der Waals surface area contributed by atoms with E-state index in [0.717, 1.165) is 0 Å². The van der Waals surface area contributed by atoms with Crippen molar-refractivity contribution in [3.8, 4) is 0 Å². The predicted octanol–water partition coefficient (Wildman–Crippen LogP) is 2.78. The van der Waals surface area contributed by atoms with Gasteiger partial charge in [-0.25, -0.2) is 8.78 Å². The highest BCUT2D eigenvalue weighted by Gasteiger charge is 2.32. The van der Waals surface area contributed by atoms with Gasteiger partial charge < -0.3 is 5.73 Å². The van der Waals surface area contributed by atoms with Crippen LogP contribution in [0.5, 0.6) is 0 Å². The summed E-state index contributed by atoms with van der Waals surface area (Å²) >= 11 is 0. The van der Waals surface area contributed by atoms with Gasteiger partial charge in [0.25, 0.3) is 0 Å². The largest absolute Gasteiger partial charge is 0.324 e. The Morgan fingerprint density at radius 1 is 1.36 bits per heavy atom. The van der Waals surface area contributed by atoms with Crippen LogP contribution in [0.3, 0.4) is 0 Å². The SMILES string of the molecule is Cc1cc(F)c2c(c1F)C(N)CC2C. The maximum absolute atomic E-state index is 13.7. The van der Waals surface area contributed by atoms with Gasteiger partial charge in [0.15, 0.2) is 0 Å². The highest BCUT2D eigenvalue weighted by Crippen LogP contribution is 2.42. The number of nitrogens with two attached hydrogens (primary N) is 1. The van der Waals surface area contributed by atoms with Crippen molar-refractivity contribution in [3.05, 3.63) is 34.4 Å². The molecule has 1 aliphatic rings. The van der Waals surface area contributed by atoms with Crippen LogP contribution in [0.25, 0.3) is 0 Å². The minimum atomic E-state index is -0.352. The molecule has 0 aliphatic heterocycles. The van der Waals surface area contributed by atoms with Crippen molar-refractivity contribution >= 4 is 0 Å². The number of hydrogen-bond donors (Lipinski definition) is 1. The molecule has 0 saturated heterocycles. The lowest BCUT2D eigenvalue weighted by atomic mass is 10.00. The second kappa shape index (κ2) is 3.02. The van der Waals surface area contributed by atoms with E-state index in [4.69, 9.17) is 5.73 Å². The quantitative estimate of drug-likeness (QED) is 0.680. The van der Waals surface area contributed by atoms with Crippen molar-refractivity contribution in [1.82, 2.24) is 0 Å². The molecule has 0 heterocycles. The first-order valence-corrected chi connectivity index (χ1v) is 4.76. The number of halogens is 2. The molecule has 0 bridgehead atoms. The fourth-order valence-corrected chi connectivity index (χ4v) is 2.27. The van der Waals surface area contributed by atoms with Crippen LogP contribution in [0.15, 0.2) is 6.07 Å². The van der Waals surface area contributed by atoms with Gasteiger partial charge in [-0.05, 0) is 36.5 Å². The average Bonchev–Trinajstić information content (AvgIpc) is 2.38. The maximum Gasteiger partial charge on any atom is 0.131 e. The van der Waals surface area contributed by atoms with Crippen molar-refractivity contribution in [1.29, 1.82) is 0 Å². The fourth-order valence-electron chi connectivity index (χ4n) is 2.27. The van der Waals surface area contributed by atoms with Gasteiger partial charge in [0.05, 0.1) is 0 Å². The number of hydrogen-bond acceptors (Lipinski definition) is 1. The summed E-state index contributed by atoms with van der Waals surface area (Å²) in [4.78, 5) is 0. The van der Waals surface area contributed by atoms with Crippen molar-refractivity contribution < 1.29 is 8.78 Å². The molecule has 0 aromatic heterocycles.